The lowest BCUT2D eigenvalue weighted by molar-refractivity contribution is -0.135. The fourth-order valence-corrected chi connectivity index (χ4v) is 7.68. The largest absolute Gasteiger partial charge is 0.453 e. The number of aromatic nitrogens is 4. The molecule has 3 amide bonds. The van der Waals surface area contributed by atoms with Crippen LogP contribution in [0.3, 0.4) is 0 Å². The molecule has 0 spiro atoms. The van der Waals surface area contributed by atoms with E-state index in [1.807, 2.05) is 43.4 Å². The van der Waals surface area contributed by atoms with Crippen molar-refractivity contribution in [3.05, 3.63) is 85.2 Å². The maximum absolute atomic E-state index is 13.6. The smallest absolute Gasteiger partial charge is 0.411 e. The van der Waals surface area contributed by atoms with E-state index in [0.717, 1.165) is 70.1 Å². The molecule has 55 heavy (non-hydrogen) atoms. The number of β-amino-alcohol motifs (C(OH)–C–C–N with tert-alkyl or cyclic N) is 1. The number of alkyl carbamates (subject to hydrolysis) is 1. The van der Waals surface area contributed by atoms with Gasteiger partial charge in [-0.15, -0.1) is 0 Å². The maximum Gasteiger partial charge on any atom is 0.411 e. The van der Waals surface area contributed by atoms with E-state index < -0.39 is 24.3 Å². The third-order valence-corrected chi connectivity index (χ3v) is 10.7. The van der Waals surface area contributed by atoms with Gasteiger partial charge < -0.3 is 34.3 Å². The number of benzene rings is 3. The minimum atomic E-state index is -0.800. The summed E-state index contributed by atoms with van der Waals surface area (Å²) in [7, 11) is 1.26. The van der Waals surface area contributed by atoms with Gasteiger partial charge in [-0.2, -0.15) is 0 Å². The van der Waals surface area contributed by atoms with Gasteiger partial charge in [-0.05, 0) is 64.8 Å². The summed E-state index contributed by atoms with van der Waals surface area (Å²) in [5, 5.41) is 15.4. The van der Waals surface area contributed by atoms with Crippen molar-refractivity contribution in [2.45, 2.75) is 77.2 Å². The van der Waals surface area contributed by atoms with E-state index in [0.29, 0.717) is 25.4 Å². The van der Waals surface area contributed by atoms with E-state index in [2.05, 4.69) is 80.3 Å². The highest BCUT2D eigenvalue weighted by Crippen LogP contribution is 2.36. The van der Waals surface area contributed by atoms with Crippen LogP contribution in [-0.4, -0.2) is 91.5 Å². The number of unbranched alkanes of at least 4 members (excludes halogenated alkanes) is 1. The number of likely N-dealkylation sites (tertiary alicyclic amines) is 2. The summed E-state index contributed by atoms with van der Waals surface area (Å²) in [5.74, 6) is 0.0982. The SMILES string of the molecule is CCCCOC(=O)N1CCCC1n1cncc1-c1ccc2cc(-c3ccc(-c4cnc([C@@H]5C[C@H](O)CN5C(=O)[C@@H](NC(=O)OC)C(C)C)[nH]4)cc3)ccc2c1. The summed E-state index contributed by atoms with van der Waals surface area (Å²) in [5.41, 5.74) is 5.86. The van der Waals surface area contributed by atoms with Crippen LogP contribution in [0.4, 0.5) is 9.59 Å². The monoisotopic (exact) mass is 747 g/mol. The second-order valence-electron chi connectivity index (χ2n) is 14.8. The Morgan fingerprint density at radius 1 is 0.964 bits per heavy atom. The van der Waals surface area contributed by atoms with Crippen LogP contribution >= 0.6 is 0 Å². The van der Waals surface area contributed by atoms with Gasteiger partial charge in [-0.3, -0.25) is 9.69 Å². The second kappa shape index (κ2) is 16.4. The van der Waals surface area contributed by atoms with Gasteiger partial charge in [0.25, 0.3) is 0 Å². The summed E-state index contributed by atoms with van der Waals surface area (Å²) in [6.45, 7) is 7.03. The lowest BCUT2D eigenvalue weighted by Crippen LogP contribution is -2.51. The van der Waals surface area contributed by atoms with Crippen LogP contribution in [0.15, 0.2) is 79.4 Å². The molecule has 288 valence electrons. The number of carbonyl (C=O) groups excluding carboxylic acids is 3. The van der Waals surface area contributed by atoms with E-state index >= 15 is 0 Å². The Labute approximate surface area is 320 Å². The van der Waals surface area contributed by atoms with Gasteiger partial charge in [-0.1, -0.05) is 75.7 Å². The standard InChI is InChI=1S/C42H49N7O6/c1-5-6-18-55-42(53)47-17-7-8-37(47)49-25-43-23-36(49)32-16-15-30-19-29(13-14-31(30)20-32)27-9-11-28(12-10-27)34-22-44-39(45-34)35-21-33(50)24-48(35)40(51)38(26(2)3)46-41(52)54-4/h9-16,19-20,22-23,25-26,33,35,37-38,50H,5-8,17-18,21,24H2,1-4H3,(H,44,45)(H,46,52)/t33-,35-,37?,38-/m0/s1. The summed E-state index contributed by atoms with van der Waals surface area (Å²) in [6, 6.07) is 19.8. The number of aromatic amines is 1. The first-order chi connectivity index (χ1) is 26.6. The quantitative estimate of drug-likeness (QED) is 0.119. The van der Waals surface area contributed by atoms with Crippen LogP contribution in [0.2, 0.25) is 0 Å². The highest BCUT2D eigenvalue weighted by molar-refractivity contribution is 5.91. The number of methoxy groups -OCH3 is 1. The molecule has 2 aliphatic rings. The summed E-state index contributed by atoms with van der Waals surface area (Å²) in [6.07, 6.45) is 7.57. The number of nitrogens with one attached hydrogen (secondary N) is 2. The van der Waals surface area contributed by atoms with Gasteiger partial charge in [0.2, 0.25) is 5.91 Å². The molecule has 4 atom stereocenters. The topological polar surface area (TPSA) is 155 Å². The van der Waals surface area contributed by atoms with Crippen LogP contribution in [0, 0.1) is 5.92 Å². The molecule has 7 rings (SSSR count). The first-order valence-corrected chi connectivity index (χ1v) is 19.1. The van der Waals surface area contributed by atoms with E-state index in [1.54, 1.807) is 11.1 Å². The number of amides is 3. The molecule has 2 fully saturated rings. The molecule has 4 heterocycles. The molecule has 0 saturated carbocycles. The first-order valence-electron chi connectivity index (χ1n) is 19.1. The van der Waals surface area contributed by atoms with Crippen LogP contribution in [0.1, 0.15) is 70.9 Å². The number of imidazole rings is 2. The van der Waals surface area contributed by atoms with Gasteiger partial charge >= 0.3 is 12.2 Å². The summed E-state index contributed by atoms with van der Waals surface area (Å²) >= 11 is 0. The van der Waals surface area contributed by atoms with Gasteiger partial charge in [-0.25, -0.2) is 19.6 Å². The van der Waals surface area contributed by atoms with Crippen molar-refractivity contribution < 1.29 is 29.0 Å². The van der Waals surface area contributed by atoms with Crippen LogP contribution in [0.5, 0.6) is 0 Å². The Bertz CT molecular complexity index is 2140. The number of H-pyrrole nitrogens is 1. The van der Waals surface area contributed by atoms with Crippen molar-refractivity contribution >= 4 is 28.9 Å². The van der Waals surface area contributed by atoms with Crippen LogP contribution in [0.25, 0.3) is 44.4 Å². The number of aliphatic hydroxyl groups is 1. The zero-order valence-electron chi connectivity index (χ0n) is 31.8. The zero-order chi connectivity index (χ0) is 38.6. The molecule has 0 aliphatic carbocycles. The van der Waals surface area contributed by atoms with E-state index in [9.17, 15) is 19.5 Å². The second-order valence-corrected chi connectivity index (χ2v) is 14.8. The number of aliphatic hydroxyl groups excluding tert-OH is 1. The zero-order valence-corrected chi connectivity index (χ0v) is 31.8. The Balaban J connectivity index is 1.05. The average Bonchev–Trinajstić information content (AvgIpc) is 4.03. The third-order valence-electron chi connectivity index (χ3n) is 10.7. The summed E-state index contributed by atoms with van der Waals surface area (Å²) < 4.78 is 12.4. The number of ether oxygens (including phenoxy) is 2. The Hall–Kier alpha value is -5.69. The highest BCUT2D eigenvalue weighted by Gasteiger charge is 2.41. The molecular weight excluding hydrogens is 699 g/mol. The van der Waals surface area contributed by atoms with Crippen molar-refractivity contribution in [3.8, 4) is 33.6 Å². The number of hydrogen-bond donors (Lipinski definition) is 3. The molecule has 2 aliphatic heterocycles. The minimum absolute atomic E-state index is 0.130. The van der Waals surface area contributed by atoms with Crippen molar-refractivity contribution in [1.82, 2.24) is 34.6 Å². The molecular formula is C42H49N7O6. The molecule has 2 saturated heterocycles. The number of hydrogen-bond acceptors (Lipinski definition) is 8. The normalized spacial score (nSPS) is 18.9. The lowest BCUT2D eigenvalue weighted by atomic mass is 9.98. The van der Waals surface area contributed by atoms with E-state index in [-0.39, 0.29) is 30.6 Å². The first kappa shape index (κ1) is 37.6. The minimum Gasteiger partial charge on any atom is -0.453 e. The molecule has 13 nitrogen and oxygen atoms in total. The van der Waals surface area contributed by atoms with Gasteiger partial charge in [0.15, 0.2) is 0 Å². The number of carbonyl (C=O) groups is 3. The van der Waals surface area contributed by atoms with E-state index in [1.165, 1.54) is 7.11 Å². The van der Waals surface area contributed by atoms with Crippen molar-refractivity contribution in [2.24, 2.45) is 5.92 Å². The highest BCUT2D eigenvalue weighted by atomic mass is 16.6. The average molecular weight is 748 g/mol. The molecule has 0 bridgehead atoms. The third kappa shape index (κ3) is 7.93. The van der Waals surface area contributed by atoms with Gasteiger partial charge in [0, 0.05) is 25.1 Å². The fourth-order valence-electron chi connectivity index (χ4n) is 7.68. The van der Waals surface area contributed by atoms with Crippen LogP contribution in [-0.2, 0) is 14.3 Å². The molecule has 13 heteroatoms. The fraction of sp³-hybridized carbons (Fsp3) is 0.405. The maximum atomic E-state index is 13.6. The Morgan fingerprint density at radius 3 is 2.40 bits per heavy atom. The van der Waals surface area contributed by atoms with E-state index in [4.69, 9.17) is 9.47 Å². The molecule has 2 aromatic heterocycles. The Morgan fingerprint density at radius 2 is 1.67 bits per heavy atom. The van der Waals surface area contributed by atoms with Gasteiger partial charge in [0.05, 0.1) is 56.0 Å². The van der Waals surface area contributed by atoms with Crippen molar-refractivity contribution in [2.75, 3.05) is 26.8 Å². The molecule has 0 radical (unpaired) electrons. The van der Waals surface area contributed by atoms with Gasteiger partial charge in [0.1, 0.15) is 18.0 Å². The molecule has 3 N–H and O–H groups in total. The summed E-state index contributed by atoms with van der Waals surface area (Å²) in [4.78, 5) is 54.3. The molecule has 3 aromatic carbocycles. The molecule has 5 aromatic rings. The number of fused-ring (bicyclic) bond motifs is 1. The number of nitrogens with zero attached hydrogens (tertiary/aromatic N) is 5. The predicted molar refractivity (Wildman–Crippen MR) is 209 cm³/mol. The van der Waals surface area contributed by atoms with Crippen molar-refractivity contribution in [1.29, 1.82) is 0 Å². The predicted octanol–water partition coefficient (Wildman–Crippen LogP) is 7.31. The van der Waals surface area contributed by atoms with Crippen LogP contribution < -0.4 is 5.32 Å². The Kier molecular flexibility index (Phi) is 11.2. The molecule has 1 unspecified atom stereocenters. The number of rotatable bonds is 11. The lowest BCUT2D eigenvalue weighted by Gasteiger charge is -2.29. The van der Waals surface area contributed by atoms with Crippen molar-refractivity contribution in [3.63, 3.8) is 0 Å².